The first-order valence-corrected chi connectivity index (χ1v) is 13.5. The minimum Gasteiger partial charge on any atom is -0.150 e. The average molecular weight is 433 g/mol. The molecule has 2 heteroatoms. The fraction of sp³-hybridized carbons (Fsp3) is 0.429. The molecule has 0 N–H and O–H groups in total. The molecule has 0 aliphatic heterocycles. The Morgan fingerprint density at radius 3 is 2.07 bits per heavy atom. The Morgan fingerprint density at radius 1 is 0.767 bits per heavy atom. The fourth-order valence-electron chi connectivity index (χ4n) is 6.42. The Morgan fingerprint density at radius 2 is 1.40 bits per heavy atom. The van der Waals surface area contributed by atoms with E-state index in [2.05, 4.69) is 108 Å². The van der Waals surface area contributed by atoms with Crippen molar-refractivity contribution in [3.05, 3.63) is 83.9 Å². The van der Waals surface area contributed by atoms with E-state index in [1.165, 1.54) is 49.7 Å². The van der Waals surface area contributed by atoms with E-state index in [-0.39, 0.29) is 0 Å². The zero-order valence-electron chi connectivity index (χ0n) is 17.7. The highest BCUT2D eigenvalue weighted by Gasteiger charge is 2.68. The maximum absolute atomic E-state index is 2.41. The van der Waals surface area contributed by atoms with Gasteiger partial charge in [-0.25, -0.2) is 0 Å². The van der Waals surface area contributed by atoms with Crippen molar-refractivity contribution in [3.63, 3.8) is 0 Å². The molecule has 3 aliphatic carbocycles. The van der Waals surface area contributed by atoms with E-state index in [1.54, 1.807) is 0 Å². The van der Waals surface area contributed by atoms with Crippen molar-refractivity contribution in [2.75, 3.05) is 11.5 Å². The van der Waals surface area contributed by atoms with E-state index in [4.69, 9.17) is 0 Å². The number of benzene rings is 2. The summed E-state index contributed by atoms with van der Waals surface area (Å²) in [4.78, 5) is 0. The van der Waals surface area contributed by atoms with Gasteiger partial charge >= 0.3 is 0 Å². The third-order valence-electron chi connectivity index (χ3n) is 7.63. The monoisotopic (exact) mass is 432 g/mol. The van der Waals surface area contributed by atoms with E-state index in [9.17, 15) is 0 Å². The van der Waals surface area contributed by atoms with Crippen molar-refractivity contribution in [2.24, 2.45) is 11.8 Å². The summed E-state index contributed by atoms with van der Waals surface area (Å²) in [6, 6.07) is 21.5. The van der Waals surface area contributed by atoms with Crippen LogP contribution >= 0.6 is 23.5 Å². The van der Waals surface area contributed by atoms with E-state index in [0.717, 1.165) is 23.3 Å². The predicted octanol–water partition coefficient (Wildman–Crippen LogP) is 7.97. The first-order chi connectivity index (χ1) is 14.8. The van der Waals surface area contributed by atoms with Crippen LogP contribution in [0.2, 0.25) is 0 Å². The molecule has 0 radical (unpaired) electrons. The molecule has 3 fully saturated rings. The zero-order valence-corrected chi connectivity index (χ0v) is 19.3. The van der Waals surface area contributed by atoms with Gasteiger partial charge in [0, 0.05) is 21.0 Å². The first-order valence-electron chi connectivity index (χ1n) is 11.5. The second-order valence-corrected chi connectivity index (χ2v) is 11.9. The predicted molar refractivity (Wildman–Crippen MR) is 136 cm³/mol. The third-order valence-corrected chi connectivity index (χ3v) is 11.2. The molecular weight excluding hydrogens is 400 g/mol. The lowest BCUT2D eigenvalue weighted by Gasteiger charge is -2.47. The molecule has 2 aromatic carbocycles. The van der Waals surface area contributed by atoms with Gasteiger partial charge in [-0.2, -0.15) is 0 Å². The first kappa shape index (κ1) is 20.5. The van der Waals surface area contributed by atoms with Crippen LogP contribution < -0.4 is 0 Å². The Kier molecular flexibility index (Phi) is 6.16. The summed E-state index contributed by atoms with van der Waals surface area (Å²) in [5, 5.41) is 0. The van der Waals surface area contributed by atoms with Crippen LogP contribution in [0.25, 0.3) is 12.2 Å². The molecule has 3 aliphatic rings. The van der Waals surface area contributed by atoms with Crippen LogP contribution in [0.5, 0.6) is 0 Å². The topological polar surface area (TPSA) is 0 Å². The van der Waals surface area contributed by atoms with Crippen LogP contribution in [0.3, 0.4) is 0 Å². The standard InChI is InChI=1S/C28H32S2/c1-3-10-23(11-4-1)14-8-20-29-27-19-17-25(22-27)26-16-7-18-28(26,27)30-21-9-15-24-12-5-2-6-13-24/h1-6,8-15,25-26H,7,16-22H2/b14-8+,15-9+. The van der Waals surface area contributed by atoms with Gasteiger partial charge < -0.3 is 0 Å². The highest BCUT2D eigenvalue weighted by molar-refractivity contribution is 8.05. The van der Waals surface area contributed by atoms with Gasteiger partial charge in [0.2, 0.25) is 0 Å². The minimum absolute atomic E-state index is 0.505. The lowest BCUT2D eigenvalue weighted by atomic mass is 9.80. The number of rotatable bonds is 8. The summed E-state index contributed by atoms with van der Waals surface area (Å²) in [6.07, 6.45) is 18.2. The van der Waals surface area contributed by atoms with Gasteiger partial charge in [0.15, 0.2) is 0 Å². The van der Waals surface area contributed by atoms with E-state index in [0.29, 0.717) is 9.49 Å². The number of hydrogen-bond donors (Lipinski definition) is 0. The highest BCUT2D eigenvalue weighted by Crippen LogP contribution is 2.72. The van der Waals surface area contributed by atoms with Crippen LogP contribution in [0, 0.1) is 11.8 Å². The minimum atomic E-state index is 0.505. The molecule has 0 aromatic heterocycles. The van der Waals surface area contributed by atoms with E-state index < -0.39 is 0 Å². The van der Waals surface area contributed by atoms with Gasteiger partial charge in [0.05, 0.1) is 0 Å². The fourth-order valence-corrected chi connectivity index (χ4v) is 10.1. The van der Waals surface area contributed by atoms with Gasteiger partial charge in [0.1, 0.15) is 0 Å². The molecule has 3 saturated carbocycles. The lowest BCUT2D eigenvalue weighted by molar-refractivity contribution is 0.307. The molecule has 0 saturated heterocycles. The van der Waals surface area contributed by atoms with Gasteiger partial charge in [-0.1, -0.05) is 91.4 Å². The molecule has 4 atom stereocenters. The SMILES string of the molecule is C(=C\c1ccccc1)/CSC12CCC(C1)C1CCCC12SC/C=C/c1ccccc1. The Hall–Kier alpha value is -1.38. The van der Waals surface area contributed by atoms with Gasteiger partial charge in [-0.3, -0.25) is 0 Å². The van der Waals surface area contributed by atoms with Crippen LogP contribution in [0.1, 0.15) is 49.7 Å². The smallest absolute Gasteiger partial charge is 0.0340 e. The van der Waals surface area contributed by atoms with Crippen LogP contribution in [0.4, 0.5) is 0 Å². The summed E-state index contributed by atoms with van der Waals surface area (Å²) in [7, 11) is 0. The van der Waals surface area contributed by atoms with Crippen molar-refractivity contribution < 1.29 is 0 Å². The normalized spacial score (nSPS) is 32.4. The molecule has 0 heterocycles. The largest absolute Gasteiger partial charge is 0.150 e. The quantitative estimate of drug-likeness (QED) is 0.415. The second-order valence-electron chi connectivity index (χ2n) is 9.13. The van der Waals surface area contributed by atoms with E-state index >= 15 is 0 Å². The Labute approximate surface area is 190 Å². The summed E-state index contributed by atoms with van der Waals surface area (Å²) in [6.45, 7) is 0. The molecule has 2 bridgehead atoms. The summed E-state index contributed by atoms with van der Waals surface area (Å²) in [5.41, 5.74) is 2.64. The highest BCUT2D eigenvalue weighted by atomic mass is 32.2. The van der Waals surface area contributed by atoms with E-state index in [1.807, 2.05) is 0 Å². The molecule has 0 amide bonds. The summed E-state index contributed by atoms with van der Waals surface area (Å²) >= 11 is 4.60. The summed E-state index contributed by atoms with van der Waals surface area (Å²) in [5.74, 6) is 4.26. The molecule has 0 spiro atoms. The number of hydrogen-bond acceptors (Lipinski definition) is 2. The van der Waals surface area contributed by atoms with Gasteiger partial charge in [-0.15, -0.1) is 23.5 Å². The van der Waals surface area contributed by atoms with Crippen LogP contribution in [0.15, 0.2) is 72.8 Å². The van der Waals surface area contributed by atoms with Crippen molar-refractivity contribution >= 4 is 35.7 Å². The maximum atomic E-state index is 2.41. The molecule has 0 nitrogen and oxygen atoms in total. The molecule has 156 valence electrons. The van der Waals surface area contributed by atoms with Crippen molar-refractivity contribution in [1.29, 1.82) is 0 Å². The zero-order chi connectivity index (χ0) is 20.3. The molecule has 4 unspecified atom stereocenters. The molecule has 2 aromatic rings. The van der Waals surface area contributed by atoms with Crippen molar-refractivity contribution in [1.82, 2.24) is 0 Å². The maximum Gasteiger partial charge on any atom is 0.0340 e. The summed E-state index contributed by atoms with van der Waals surface area (Å²) < 4.78 is 1.02. The van der Waals surface area contributed by atoms with Gasteiger partial charge in [-0.05, 0) is 55.1 Å². The lowest BCUT2D eigenvalue weighted by Crippen LogP contribution is -2.48. The Bertz CT molecular complexity index is 887. The molecular formula is C28H32S2. The van der Waals surface area contributed by atoms with Crippen LogP contribution in [-0.2, 0) is 0 Å². The van der Waals surface area contributed by atoms with Crippen LogP contribution in [-0.4, -0.2) is 21.0 Å². The van der Waals surface area contributed by atoms with Crippen molar-refractivity contribution in [2.45, 2.75) is 48.0 Å². The number of thioether (sulfide) groups is 2. The average Bonchev–Trinajstić information content (AvgIpc) is 3.47. The second kappa shape index (κ2) is 9.01. The Balaban J connectivity index is 1.27. The van der Waals surface area contributed by atoms with Crippen molar-refractivity contribution in [3.8, 4) is 0 Å². The molecule has 30 heavy (non-hydrogen) atoms. The van der Waals surface area contributed by atoms with Gasteiger partial charge in [0.25, 0.3) is 0 Å². The molecule has 5 rings (SSSR count). The number of fused-ring (bicyclic) bond motifs is 5. The third kappa shape index (κ3) is 3.82.